The topological polar surface area (TPSA) is 38.5 Å². The molecule has 0 unspecified atom stereocenters. The second-order valence-electron chi connectivity index (χ2n) is 3.38. The van der Waals surface area contributed by atoms with Crippen molar-refractivity contribution in [1.29, 1.82) is 0 Å². The molecule has 1 fully saturated rings. The summed E-state index contributed by atoms with van der Waals surface area (Å²) in [4.78, 5) is 3.77. The predicted molar refractivity (Wildman–Crippen MR) is 60.1 cm³/mol. The minimum atomic E-state index is 0.739. The van der Waals surface area contributed by atoms with Crippen LogP contribution in [0.3, 0.4) is 0 Å². The molecule has 0 radical (unpaired) electrons. The zero-order chi connectivity index (χ0) is 9.80. The van der Waals surface area contributed by atoms with Crippen LogP contribution in [0.4, 0.5) is 5.00 Å². The van der Waals surface area contributed by atoms with Gasteiger partial charge in [-0.1, -0.05) is 0 Å². The molecule has 78 valence electrons. The zero-order valence-corrected chi connectivity index (χ0v) is 9.05. The van der Waals surface area contributed by atoms with Crippen LogP contribution in [-0.2, 0) is 11.2 Å². The molecule has 0 bridgehead atoms. The minimum absolute atomic E-state index is 0.739. The van der Waals surface area contributed by atoms with Gasteiger partial charge >= 0.3 is 0 Å². The molecule has 1 aromatic rings. The van der Waals surface area contributed by atoms with Gasteiger partial charge in [0, 0.05) is 18.0 Å². The summed E-state index contributed by atoms with van der Waals surface area (Å²) in [5, 5.41) is 1.36. The van der Waals surface area contributed by atoms with E-state index in [-0.39, 0.29) is 0 Å². The minimum Gasteiger partial charge on any atom is -0.378 e. The Labute approximate surface area is 88.5 Å². The first-order valence-electron chi connectivity index (χ1n) is 5.01. The number of rotatable bonds is 3. The first-order valence-corrected chi connectivity index (χ1v) is 5.83. The van der Waals surface area contributed by atoms with E-state index in [2.05, 4.69) is 17.0 Å². The van der Waals surface area contributed by atoms with Gasteiger partial charge in [-0.05, 0) is 25.1 Å². The van der Waals surface area contributed by atoms with Gasteiger partial charge in [-0.25, -0.2) is 0 Å². The van der Waals surface area contributed by atoms with Gasteiger partial charge in [0.05, 0.1) is 18.2 Å². The van der Waals surface area contributed by atoms with Gasteiger partial charge in [0.1, 0.15) is 0 Å². The van der Waals surface area contributed by atoms with E-state index < -0.39 is 0 Å². The fourth-order valence-corrected chi connectivity index (χ4v) is 2.67. The Hall–Kier alpha value is -0.580. The van der Waals surface area contributed by atoms with Gasteiger partial charge in [0.15, 0.2) is 0 Å². The van der Waals surface area contributed by atoms with Gasteiger partial charge in [-0.15, -0.1) is 11.3 Å². The monoisotopic (exact) mass is 212 g/mol. The van der Waals surface area contributed by atoms with Crippen LogP contribution in [0, 0.1) is 0 Å². The highest BCUT2D eigenvalue weighted by Gasteiger charge is 2.12. The molecule has 0 saturated carbocycles. The summed E-state index contributed by atoms with van der Waals surface area (Å²) in [6.45, 7) is 4.47. The molecule has 1 aliphatic rings. The molecule has 0 amide bonds. The molecular weight excluding hydrogens is 196 g/mol. The lowest BCUT2D eigenvalue weighted by molar-refractivity contribution is 0.123. The predicted octanol–water partition coefficient (Wildman–Crippen LogP) is 1.09. The molecule has 0 spiro atoms. The molecule has 1 aromatic heterocycles. The summed E-state index contributed by atoms with van der Waals surface area (Å²) in [7, 11) is 0. The van der Waals surface area contributed by atoms with Crippen LogP contribution in [0.1, 0.15) is 4.88 Å². The summed E-state index contributed by atoms with van der Waals surface area (Å²) >= 11 is 1.85. The molecule has 4 heteroatoms. The Morgan fingerprint density at radius 3 is 2.86 bits per heavy atom. The molecule has 1 aliphatic heterocycles. The number of nitrogens with zero attached hydrogens (tertiary/aromatic N) is 1. The second-order valence-corrected chi connectivity index (χ2v) is 4.52. The summed E-state index contributed by atoms with van der Waals surface area (Å²) in [6, 6.07) is 4.38. The highest BCUT2D eigenvalue weighted by molar-refractivity contribution is 7.16. The standard InChI is InChI=1S/C10H16N2OS/c11-4-3-9-1-2-10(14-9)12-5-7-13-8-6-12/h1-2H,3-8,11H2. The Bertz CT molecular complexity index is 281. The van der Waals surface area contributed by atoms with E-state index in [1.165, 1.54) is 9.88 Å². The number of nitrogens with two attached hydrogens (primary N) is 1. The van der Waals surface area contributed by atoms with Crippen molar-refractivity contribution in [2.75, 3.05) is 37.7 Å². The van der Waals surface area contributed by atoms with E-state index in [0.29, 0.717) is 0 Å². The molecule has 0 atom stereocenters. The highest BCUT2D eigenvalue weighted by Crippen LogP contribution is 2.26. The van der Waals surface area contributed by atoms with E-state index in [1.54, 1.807) is 0 Å². The second kappa shape index (κ2) is 4.77. The van der Waals surface area contributed by atoms with E-state index in [4.69, 9.17) is 10.5 Å². The van der Waals surface area contributed by atoms with Gasteiger partial charge in [0.2, 0.25) is 0 Å². The highest BCUT2D eigenvalue weighted by atomic mass is 32.1. The molecular formula is C10H16N2OS. The number of thiophene rings is 1. The molecule has 2 N–H and O–H groups in total. The molecule has 0 aliphatic carbocycles. The summed E-state index contributed by atoms with van der Waals surface area (Å²) in [5.41, 5.74) is 5.52. The third kappa shape index (κ3) is 2.26. The number of hydrogen-bond acceptors (Lipinski definition) is 4. The smallest absolute Gasteiger partial charge is 0.0912 e. The van der Waals surface area contributed by atoms with Gasteiger partial charge in [-0.2, -0.15) is 0 Å². The third-order valence-corrected chi connectivity index (χ3v) is 3.57. The molecule has 0 aromatic carbocycles. The van der Waals surface area contributed by atoms with Crippen LogP contribution in [0.15, 0.2) is 12.1 Å². The Morgan fingerprint density at radius 2 is 2.14 bits per heavy atom. The largest absolute Gasteiger partial charge is 0.378 e. The Morgan fingerprint density at radius 1 is 1.36 bits per heavy atom. The van der Waals surface area contributed by atoms with Gasteiger partial charge < -0.3 is 15.4 Å². The molecule has 2 heterocycles. The lowest BCUT2D eigenvalue weighted by Crippen LogP contribution is -2.35. The van der Waals surface area contributed by atoms with Crippen molar-refractivity contribution in [2.24, 2.45) is 5.73 Å². The summed E-state index contributed by atoms with van der Waals surface area (Å²) in [5.74, 6) is 0. The summed E-state index contributed by atoms with van der Waals surface area (Å²) < 4.78 is 5.32. The lowest BCUT2D eigenvalue weighted by atomic mass is 10.3. The van der Waals surface area contributed by atoms with E-state index in [9.17, 15) is 0 Å². The zero-order valence-electron chi connectivity index (χ0n) is 8.24. The molecule has 14 heavy (non-hydrogen) atoms. The van der Waals surface area contributed by atoms with Crippen molar-refractivity contribution in [2.45, 2.75) is 6.42 Å². The van der Waals surface area contributed by atoms with E-state index in [0.717, 1.165) is 39.3 Å². The Balaban J connectivity index is 2.00. The summed E-state index contributed by atoms with van der Waals surface area (Å²) in [6.07, 6.45) is 0.995. The van der Waals surface area contributed by atoms with Crippen molar-refractivity contribution in [1.82, 2.24) is 0 Å². The normalized spacial score (nSPS) is 17.4. The lowest BCUT2D eigenvalue weighted by Gasteiger charge is -2.27. The quantitative estimate of drug-likeness (QED) is 0.815. The van der Waals surface area contributed by atoms with Gasteiger partial charge in [0.25, 0.3) is 0 Å². The molecule has 1 saturated heterocycles. The molecule has 2 rings (SSSR count). The van der Waals surface area contributed by atoms with Crippen molar-refractivity contribution in [3.8, 4) is 0 Å². The van der Waals surface area contributed by atoms with Crippen LogP contribution < -0.4 is 10.6 Å². The Kier molecular flexibility index (Phi) is 3.39. The van der Waals surface area contributed by atoms with Crippen molar-refractivity contribution in [3.05, 3.63) is 17.0 Å². The average molecular weight is 212 g/mol. The maximum atomic E-state index is 5.52. The maximum Gasteiger partial charge on any atom is 0.0912 e. The number of anilines is 1. The number of hydrogen-bond donors (Lipinski definition) is 1. The van der Waals surface area contributed by atoms with Crippen LogP contribution in [0.25, 0.3) is 0 Å². The maximum absolute atomic E-state index is 5.52. The van der Waals surface area contributed by atoms with Crippen molar-refractivity contribution in [3.63, 3.8) is 0 Å². The van der Waals surface area contributed by atoms with Crippen LogP contribution in [0.5, 0.6) is 0 Å². The first kappa shape index (κ1) is 9.96. The van der Waals surface area contributed by atoms with Crippen LogP contribution in [-0.4, -0.2) is 32.8 Å². The molecule has 3 nitrogen and oxygen atoms in total. The van der Waals surface area contributed by atoms with Crippen LogP contribution >= 0.6 is 11.3 Å². The first-order chi connectivity index (χ1) is 6.90. The fourth-order valence-electron chi connectivity index (χ4n) is 1.60. The SMILES string of the molecule is NCCc1ccc(N2CCOCC2)s1. The number of morpholine rings is 1. The van der Waals surface area contributed by atoms with E-state index >= 15 is 0 Å². The van der Waals surface area contributed by atoms with Gasteiger partial charge in [-0.3, -0.25) is 0 Å². The van der Waals surface area contributed by atoms with Crippen LogP contribution in [0.2, 0.25) is 0 Å². The van der Waals surface area contributed by atoms with Crippen molar-refractivity contribution < 1.29 is 4.74 Å². The van der Waals surface area contributed by atoms with E-state index in [1.807, 2.05) is 11.3 Å². The van der Waals surface area contributed by atoms with Crippen molar-refractivity contribution >= 4 is 16.3 Å². The number of ether oxygens (including phenoxy) is 1. The third-order valence-electron chi connectivity index (χ3n) is 2.36. The average Bonchev–Trinajstić information content (AvgIpc) is 2.68. The fraction of sp³-hybridized carbons (Fsp3) is 0.600.